The second-order valence-corrected chi connectivity index (χ2v) is 5.12. The van der Waals surface area contributed by atoms with Crippen LogP contribution in [0.5, 0.6) is 0 Å². The van der Waals surface area contributed by atoms with Gasteiger partial charge in [-0.3, -0.25) is 0 Å². The predicted octanol–water partition coefficient (Wildman–Crippen LogP) is 2.70. The highest BCUT2D eigenvalue weighted by molar-refractivity contribution is 5.07. The maximum absolute atomic E-state index is 5.61. The van der Waals surface area contributed by atoms with Crippen molar-refractivity contribution in [3.05, 3.63) is 11.8 Å². The van der Waals surface area contributed by atoms with Gasteiger partial charge in [-0.25, -0.2) is 0 Å². The molecule has 0 radical (unpaired) electrons. The van der Waals surface area contributed by atoms with Crippen LogP contribution in [-0.4, -0.2) is 19.2 Å². The van der Waals surface area contributed by atoms with E-state index in [0.29, 0.717) is 11.5 Å². The Bertz CT molecular complexity index is 203. The Morgan fingerprint density at radius 2 is 2.21 bits per heavy atom. The summed E-state index contributed by atoms with van der Waals surface area (Å²) in [5.74, 6) is 1.15. The lowest BCUT2D eigenvalue weighted by atomic mass is 9.87. The zero-order valence-electron chi connectivity index (χ0n) is 9.89. The Labute approximate surface area is 87.7 Å². The lowest BCUT2D eigenvalue weighted by Crippen LogP contribution is -2.34. The average Bonchev–Trinajstić information content (AvgIpc) is 2.52. The molecule has 1 rings (SSSR count). The van der Waals surface area contributed by atoms with Crippen LogP contribution >= 0.6 is 0 Å². The van der Waals surface area contributed by atoms with Crippen molar-refractivity contribution in [2.24, 2.45) is 5.41 Å². The smallest absolute Gasteiger partial charge is 0.109 e. The summed E-state index contributed by atoms with van der Waals surface area (Å²) in [6.45, 7) is 10.8. The molecule has 14 heavy (non-hydrogen) atoms. The van der Waals surface area contributed by atoms with E-state index in [0.717, 1.165) is 31.8 Å². The number of ether oxygens (including phenoxy) is 1. The molecule has 2 nitrogen and oxygen atoms in total. The van der Waals surface area contributed by atoms with Crippen molar-refractivity contribution < 1.29 is 4.74 Å². The van der Waals surface area contributed by atoms with Crippen LogP contribution in [0.15, 0.2) is 11.8 Å². The summed E-state index contributed by atoms with van der Waals surface area (Å²) in [4.78, 5) is 0. The molecule has 1 heterocycles. The zero-order valence-corrected chi connectivity index (χ0v) is 9.89. The van der Waals surface area contributed by atoms with Crippen LogP contribution in [-0.2, 0) is 4.74 Å². The molecule has 1 unspecified atom stereocenters. The molecule has 0 aromatic rings. The van der Waals surface area contributed by atoms with Gasteiger partial charge in [0.2, 0.25) is 0 Å². The van der Waals surface area contributed by atoms with E-state index < -0.39 is 0 Å². The largest absolute Gasteiger partial charge is 0.496 e. The van der Waals surface area contributed by atoms with E-state index in [1.807, 2.05) is 0 Å². The first-order valence-corrected chi connectivity index (χ1v) is 5.59. The highest BCUT2D eigenvalue weighted by Crippen LogP contribution is 2.26. The minimum absolute atomic E-state index is 0.347. The van der Waals surface area contributed by atoms with E-state index in [1.54, 1.807) is 0 Å². The lowest BCUT2D eigenvalue weighted by molar-refractivity contribution is 0.194. The Morgan fingerprint density at radius 3 is 2.64 bits per heavy atom. The summed E-state index contributed by atoms with van der Waals surface area (Å²) in [6, 6.07) is 0.405. The molecular weight excluding hydrogens is 174 g/mol. The molecule has 82 valence electrons. The van der Waals surface area contributed by atoms with E-state index in [4.69, 9.17) is 4.74 Å². The zero-order chi connectivity index (χ0) is 10.6. The summed E-state index contributed by atoms with van der Waals surface area (Å²) >= 11 is 0. The van der Waals surface area contributed by atoms with Crippen LogP contribution in [0, 0.1) is 5.41 Å². The Kier molecular flexibility index (Phi) is 3.99. The summed E-state index contributed by atoms with van der Waals surface area (Å²) in [5.41, 5.74) is 0.347. The molecule has 2 heteroatoms. The highest BCUT2D eigenvalue weighted by Gasteiger charge is 2.23. The van der Waals surface area contributed by atoms with Gasteiger partial charge < -0.3 is 10.1 Å². The van der Waals surface area contributed by atoms with Gasteiger partial charge >= 0.3 is 0 Å². The molecule has 0 saturated heterocycles. The van der Waals surface area contributed by atoms with Gasteiger partial charge in [-0.15, -0.1) is 0 Å². The lowest BCUT2D eigenvalue weighted by Gasteiger charge is -2.27. The SMILES string of the molecule is CCNC(CC(C)(C)C)C1=CCCO1. The summed E-state index contributed by atoms with van der Waals surface area (Å²) in [5, 5.41) is 3.49. The maximum Gasteiger partial charge on any atom is 0.109 e. The molecule has 0 fully saturated rings. The molecule has 0 aromatic carbocycles. The second-order valence-electron chi connectivity index (χ2n) is 5.12. The van der Waals surface area contributed by atoms with Crippen LogP contribution in [0.4, 0.5) is 0 Å². The molecule has 1 aliphatic heterocycles. The minimum atomic E-state index is 0.347. The van der Waals surface area contributed by atoms with Crippen molar-refractivity contribution >= 4 is 0 Å². The minimum Gasteiger partial charge on any atom is -0.496 e. The van der Waals surface area contributed by atoms with E-state index in [9.17, 15) is 0 Å². The molecule has 1 aliphatic rings. The van der Waals surface area contributed by atoms with Crippen LogP contribution in [0.3, 0.4) is 0 Å². The Morgan fingerprint density at radius 1 is 1.50 bits per heavy atom. The van der Waals surface area contributed by atoms with Gasteiger partial charge in [0.15, 0.2) is 0 Å². The van der Waals surface area contributed by atoms with E-state index in [2.05, 4.69) is 39.1 Å². The third-order valence-electron chi connectivity index (χ3n) is 2.34. The third-order valence-corrected chi connectivity index (χ3v) is 2.34. The number of nitrogens with one attached hydrogen (secondary N) is 1. The van der Waals surface area contributed by atoms with Gasteiger partial charge in [0.05, 0.1) is 12.6 Å². The van der Waals surface area contributed by atoms with E-state index in [1.165, 1.54) is 0 Å². The summed E-state index contributed by atoms with van der Waals surface area (Å²) < 4.78 is 5.61. The van der Waals surface area contributed by atoms with Gasteiger partial charge in [-0.1, -0.05) is 27.7 Å². The van der Waals surface area contributed by atoms with E-state index in [-0.39, 0.29) is 0 Å². The van der Waals surface area contributed by atoms with Crippen LogP contribution < -0.4 is 5.32 Å². The molecule has 1 atom stereocenters. The topological polar surface area (TPSA) is 21.3 Å². The van der Waals surface area contributed by atoms with Crippen molar-refractivity contribution in [1.82, 2.24) is 5.32 Å². The average molecular weight is 197 g/mol. The van der Waals surface area contributed by atoms with Crippen molar-refractivity contribution in [2.75, 3.05) is 13.2 Å². The first-order chi connectivity index (χ1) is 6.53. The highest BCUT2D eigenvalue weighted by atomic mass is 16.5. The molecule has 0 aliphatic carbocycles. The van der Waals surface area contributed by atoms with Gasteiger partial charge in [0, 0.05) is 6.42 Å². The first kappa shape index (κ1) is 11.6. The quantitative estimate of drug-likeness (QED) is 0.748. The number of likely N-dealkylation sites (N-methyl/N-ethyl adjacent to an activating group) is 1. The molecule has 0 saturated carbocycles. The molecular formula is C12H23NO. The molecule has 0 aromatic heterocycles. The fraction of sp³-hybridized carbons (Fsp3) is 0.833. The van der Waals surface area contributed by atoms with Gasteiger partial charge in [-0.2, -0.15) is 0 Å². The molecule has 0 bridgehead atoms. The standard InChI is InChI=1S/C12H23NO/c1-5-13-10(9-12(2,3)4)11-7-6-8-14-11/h7,10,13H,5-6,8-9H2,1-4H3. The first-order valence-electron chi connectivity index (χ1n) is 5.59. The van der Waals surface area contributed by atoms with Crippen LogP contribution in [0.2, 0.25) is 0 Å². The van der Waals surface area contributed by atoms with Crippen molar-refractivity contribution in [3.8, 4) is 0 Å². The number of hydrogen-bond donors (Lipinski definition) is 1. The fourth-order valence-corrected chi connectivity index (χ4v) is 1.81. The summed E-state index contributed by atoms with van der Waals surface area (Å²) in [7, 11) is 0. The maximum atomic E-state index is 5.61. The van der Waals surface area contributed by atoms with Crippen LogP contribution in [0.25, 0.3) is 0 Å². The Hall–Kier alpha value is -0.500. The normalized spacial score (nSPS) is 19.0. The number of hydrogen-bond acceptors (Lipinski definition) is 2. The van der Waals surface area contributed by atoms with Crippen molar-refractivity contribution in [3.63, 3.8) is 0 Å². The van der Waals surface area contributed by atoms with Crippen molar-refractivity contribution in [1.29, 1.82) is 0 Å². The van der Waals surface area contributed by atoms with Gasteiger partial charge in [0.25, 0.3) is 0 Å². The third kappa shape index (κ3) is 3.70. The van der Waals surface area contributed by atoms with Crippen LogP contribution in [0.1, 0.15) is 40.5 Å². The summed E-state index contributed by atoms with van der Waals surface area (Å²) in [6.07, 6.45) is 4.42. The fourth-order valence-electron chi connectivity index (χ4n) is 1.81. The monoisotopic (exact) mass is 197 g/mol. The molecule has 0 amide bonds. The second kappa shape index (κ2) is 4.83. The number of rotatable bonds is 4. The molecule has 1 N–H and O–H groups in total. The van der Waals surface area contributed by atoms with Gasteiger partial charge in [-0.05, 0) is 24.5 Å². The molecule has 0 spiro atoms. The van der Waals surface area contributed by atoms with E-state index >= 15 is 0 Å². The van der Waals surface area contributed by atoms with Crippen molar-refractivity contribution in [2.45, 2.75) is 46.6 Å². The Balaban J connectivity index is 2.54. The predicted molar refractivity (Wildman–Crippen MR) is 60.2 cm³/mol. The van der Waals surface area contributed by atoms with Gasteiger partial charge in [0.1, 0.15) is 5.76 Å².